The van der Waals surface area contributed by atoms with Crippen molar-refractivity contribution in [1.29, 1.82) is 0 Å². The number of halogens is 2. The molecule has 2 rings (SSSR count). The van der Waals surface area contributed by atoms with Gasteiger partial charge < -0.3 is 5.32 Å². The molecular formula is C12H15F2N. The maximum Gasteiger partial charge on any atom is 0.131 e. The fourth-order valence-electron chi connectivity index (χ4n) is 2.48. The molecule has 15 heavy (non-hydrogen) atoms. The highest BCUT2D eigenvalue weighted by Gasteiger charge is 2.33. The van der Waals surface area contributed by atoms with Crippen molar-refractivity contribution >= 4 is 0 Å². The predicted octanol–water partition coefficient (Wildman–Crippen LogP) is 3.04. The van der Waals surface area contributed by atoms with Gasteiger partial charge in [0.1, 0.15) is 11.6 Å². The van der Waals surface area contributed by atoms with Crippen LogP contribution in [-0.2, 0) is 0 Å². The Morgan fingerprint density at radius 3 is 2.60 bits per heavy atom. The van der Waals surface area contributed by atoms with Gasteiger partial charge in [-0.05, 0) is 43.5 Å². The minimum Gasteiger partial charge on any atom is -0.313 e. The van der Waals surface area contributed by atoms with E-state index < -0.39 is 0 Å². The van der Waals surface area contributed by atoms with Gasteiger partial charge >= 0.3 is 0 Å². The van der Waals surface area contributed by atoms with E-state index in [1.54, 1.807) is 14.0 Å². The second-order valence-electron chi connectivity index (χ2n) is 4.29. The Morgan fingerprint density at radius 2 is 2.00 bits per heavy atom. The van der Waals surface area contributed by atoms with Gasteiger partial charge in [-0.2, -0.15) is 0 Å². The van der Waals surface area contributed by atoms with Crippen LogP contribution < -0.4 is 5.32 Å². The largest absolute Gasteiger partial charge is 0.313 e. The molecule has 1 aliphatic rings. The van der Waals surface area contributed by atoms with Crippen molar-refractivity contribution in [2.45, 2.75) is 32.2 Å². The highest BCUT2D eigenvalue weighted by Crippen LogP contribution is 2.43. The Kier molecular flexibility index (Phi) is 2.51. The zero-order chi connectivity index (χ0) is 11.2. The third kappa shape index (κ3) is 1.46. The minimum absolute atomic E-state index is 0.0515. The Bertz CT molecular complexity index is 401. The Morgan fingerprint density at radius 1 is 1.33 bits per heavy atom. The maximum absolute atomic E-state index is 13.9. The highest BCUT2D eigenvalue weighted by atomic mass is 19.1. The summed E-state index contributed by atoms with van der Waals surface area (Å²) in [5, 5.41) is 3.04. The number of benzene rings is 1. The first-order chi connectivity index (χ1) is 7.06. The van der Waals surface area contributed by atoms with Crippen LogP contribution in [0.3, 0.4) is 0 Å². The van der Waals surface area contributed by atoms with Crippen LogP contribution in [-0.4, -0.2) is 7.05 Å². The summed E-state index contributed by atoms with van der Waals surface area (Å²) in [5.74, 6) is -0.434. The molecule has 0 saturated carbocycles. The van der Waals surface area contributed by atoms with Crippen molar-refractivity contribution in [3.05, 3.63) is 34.4 Å². The molecule has 0 aromatic heterocycles. The molecule has 0 bridgehead atoms. The number of rotatable bonds is 1. The van der Waals surface area contributed by atoms with Gasteiger partial charge in [-0.3, -0.25) is 0 Å². The summed E-state index contributed by atoms with van der Waals surface area (Å²) in [5.41, 5.74) is 1.47. The first-order valence-electron chi connectivity index (χ1n) is 5.22. The quantitative estimate of drug-likeness (QED) is 0.752. The van der Waals surface area contributed by atoms with E-state index in [1.807, 2.05) is 6.92 Å². The average molecular weight is 211 g/mol. The number of hydrogen-bond donors (Lipinski definition) is 1. The molecule has 1 N–H and O–H groups in total. The SMILES string of the molecule is CNC1CC(C)c2c(F)cc(C)c(F)c21. The van der Waals surface area contributed by atoms with Gasteiger partial charge in [0, 0.05) is 11.6 Å². The first-order valence-corrected chi connectivity index (χ1v) is 5.22. The van der Waals surface area contributed by atoms with Crippen LogP contribution in [0.25, 0.3) is 0 Å². The molecule has 82 valence electrons. The van der Waals surface area contributed by atoms with E-state index in [4.69, 9.17) is 0 Å². The summed E-state index contributed by atoms with van der Waals surface area (Å²) in [7, 11) is 1.78. The third-order valence-electron chi connectivity index (χ3n) is 3.25. The zero-order valence-electron chi connectivity index (χ0n) is 9.20. The molecule has 0 amide bonds. The van der Waals surface area contributed by atoms with Crippen molar-refractivity contribution in [2.24, 2.45) is 0 Å². The Balaban J connectivity index is 2.67. The maximum atomic E-state index is 13.9. The molecule has 0 heterocycles. The summed E-state index contributed by atoms with van der Waals surface area (Å²) >= 11 is 0. The second kappa shape index (κ2) is 3.56. The van der Waals surface area contributed by atoms with Gasteiger partial charge in [-0.15, -0.1) is 0 Å². The fourth-order valence-corrected chi connectivity index (χ4v) is 2.48. The van der Waals surface area contributed by atoms with E-state index >= 15 is 0 Å². The molecule has 2 unspecified atom stereocenters. The fraction of sp³-hybridized carbons (Fsp3) is 0.500. The van der Waals surface area contributed by atoms with Crippen LogP contribution in [0, 0.1) is 18.6 Å². The molecule has 0 fully saturated rings. The van der Waals surface area contributed by atoms with Gasteiger partial charge in [0.2, 0.25) is 0 Å². The van der Waals surface area contributed by atoms with E-state index in [9.17, 15) is 8.78 Å². The molecule has 1 aromatic rings. The number of hydrogen-bond acceptors (Lipinski definition) is 1. The molecule has 0 radical (unpaired) electrons. The minimum atomic E-state index is -0.269. The molecule has 1 aromatic carbocycles. The lowest BCUT2D eigenvalue weighted by atomic mass is 10.00. The van der Waals surface area contributed by atoms with E-state index in [0.29, 0.717) is 16.7 Å². The Labute approximate surface area is 88.5 Å². The zero-order valence-corrected chi connectivity index (χ0v) is 9.20. The molecule has 3 heteroatoms. The van der Waals surface area contributed by atoms with Gasteiger partial charge in [-0.1, -0.05) is 6.92 Å². The van der Waals surface area contributed by atoms with Gasteiger partial charge in [0.05, 0.1) is 0 Å². The highest BCUT2D eigenvalue weighted by molar-refractivity contribution is 5.42. The smallest absolute Gasteiger partial charge is 0.131 e. The standard InChI is InChI=1S/C12H15F2N/c1-6-5-9(15-3)11-10(6)8(13)4-7(2)12(11)14/h4,6,9,15H,5H2,1-3H3. The predicted molar refractivity (Wildman–Crippen MR) is 55.9 cm³/mol. The van der Waals surface area contributed by atoms with Crippen LogP contribution in [0.1, 0.15) is 42.0 Å². The number of aryl methyl sites for hydroxylation is 1. The van der Waals surface area contributed by atoms with E-state index in [1.165, 1.54) is 6.07 Å². The van der Waals surface area contributed by atoms with Gasteiger partial charge in [0.15, 0.2) is 0 Å². The van der Waals surface area contributed by atoms with Crippen LogP contribution in [0.2, 0.25) is 0 Å². The van der Waals surface area contributed by atoms with Crippen LogP contribution in [0.4, 0.5) is 8.78 Å². The monoisotopic (exact) mass is 211 g/mol. The molecule has 1 nitrogen and oxygen atoms in total. The van der Waals surface area contributed by atoms with Crippen molar-refractivity contribution in [3.8, 4) is 0 Å². The van der Waals surface area contributed by atoms with Crippen LogP contribution in [0.15, 0.2) is 6.07 Å². The third-order valence-corrected chi connectivity index (χ3v) is 3.25. The van der Waals surface area contributed by atoms with E-state index in [2.05, 4.69) is 5.32 Å². The molecule has 1 aliphatic carbocycles. The summed E-state index contributed by atoms with van der Waals surface area (Å²) in [6, 6.07) is 1.24. The van der Waals surface area contributed by atoms with E-state index in [-0.39, 0.29) is 23.6 Å². The number of fused-ring (bicyclic) bond motifs is 1. The number of nitrogens with one attached hydrogen (secondary N) is 1. The van der Waals surface area contributed by atoms with Crippen molar-refractivity contribution < 1.29 is 8.78 Å². The topological polar surface area (TPSA) is 12.0 Å². The summed E-state index contributed by atoms with van der Waals surface area (Å²) in [4.78, 5) is 0. The van der Waals surface area contributed by atoms with Crippen LogP contribution in [0.5, 0.6) is 0 Å². The Hall–Kier alpha value is -0.960. The van der Waals surface area contributed by atoms with E-state index in [0.717, 1.165) is 6.42 Å². The summed E-state index contributed by atoms with van der Waals surface area (Å²) < 4.78 is 27.6. The van der Waals surface area contributed by atoms with Crippen molar-refractivity contribution in [3.63, 3.8) is 0 Å². The molecular weight excluding hydrogens is 196 g/mol. The lowest BCUT2D eigenvalue weighted by molar-refractivity contribution is 0.522. The summed E-state index contributed by atoms with van der Waals surface area (Å²) in [6.45, 7) is 3.54. The summed E-state index contributed by atoms with van der Waals surface area (Å²) in [6.07, 6.45) is 0.767. The molecule has 0 aliphatic heterocycles. The molecule has 0 spiro atoms. The lowest BCUT2D eigenvalue weighted by Crippen LogP contribution is -2.15. The first kappa shape index (κ1) is 10.6. The van der Waals surface area contributed by atoms with Gasteiger partial charge in [0.25, 0.3) is 0 Å². The average Bonchev–Trinajstić information content (AvgIpc) is 2.52. The van der Waals surface area contributed by atoms with Crippen molar-refractivity contribution in [2.75, 3.05) is 7.05 Å². The normalized spacial score (nSPS) is 24.3. The molecule has 0 saturated heterocycles. The van der Waals surface area contributed by atoms with Gasteiger partial charge in [-0.25, -0.2) is 8.78 Å². The van der Waals surface area contributed by atoms with Crippen LogP contribution >= 0.6 is 0 Å². The lowest BCUT2D eigenvalue weighted by Gasteiger charge is -2.12. The second-order valence-corrected chi connectivity index (χ2v) is 4.29. The molecule has 2 atom stereocenters. The van der Waals surface area contributed by atoms with Crippen molar-refractivity contribution in [1.82, 2.24) is 5.32 Å².